The Balaban J connectivity index is 1.57. The van der Waals surface area contributed by atoms with E-state index in [1.807, 2.05) is 62.4 Å². The molecule has 0 saturated carbocycles. The predicted molar refractivity (Wildman–Crippen MR) is 115 cm³/mol. The van der Waals surface area contributed by atoms with Crippen LogP contribution in [-0.4, -0.2) is 27.7 Å². The number of nitrogens with zero attached hydrogens (tertiary/aromatic N) is 2. The average molecular weight is 406 g/mol. The van der Waals surface area contributed by atoms with Crippen LogP contribution in [0.2, 0.25) is 0 Å². The molecule has 2 aromatic carbocycles. The number of aryl methyl sites for hydroxylation is 2. The molecular weight excluding hydrogens is 380 g/mol. The van der Waals surface area contributed by atoms with Crippen molar-refractivity contribution < 1.29 is 9.53 Å². The summed E-state index contributed by atoms with van der Waals surface area (Å²) >= 11 is 0. The Morgan fingerprint density at radius 3 is 2.73 bits per heavy atom. The number of benzene rings is 2. The van der Waals surface area contributed by atoms with Gasteiger partial charge in [-0.05, 0) is 31.0 Å². The second-order valence-electron chi connectivity index (χ2n) is 7.09. The van der Waals surface area contributed by atoms with Crippen LogP contribution >= 0.6 is 0 Å². The van der Waals surface area contributed by atoms with Gasteiger partial charge in [-0.3, -0.25) is 9.59 Å². The lowest BCUT2D eigenvalue weighted by Crippen LogP contribution is -2.25. The van der Waals surface area contributed by atoms with Crippen molar-refractivity contribution in [3.63, 3.8) is 0 Å². The molecule has 2 N–H and O–H groups in total. The number of hydrogen-bond donors (Lipinski definition) is 2. The van der Waals surface area contributed by atoms with Crippen LogP contribution in [0.25, 0.3) is 11.4 Å². The number of H-pyrrole nitrogens is 1. The van der Waals surface area contributed by atoms with E-state index in [4.69, 9.17) is 4.74 Å². The maximum Gasteiger partial charge on any atom is 0.273 e. The number of amides is 1. The summed E-state index contributed by atoms with van der Waals surface area (Å²) in [5.41, 5.74) is 2.80. The Kier molecular flexibility index (Phi) is 7.32. The van der Waals surface area contributed by atoms with Crippen LogP contribution in [0, 0.1) is 6.92 Å². The van der Waals surface area contributed by atoms with E-state index >= 15 is 0 Å². The number of rotatable bonds is 9. The van der Waals surface area contributed by atoms with Gasteiger partial charge in [0, 0.05) is 24.9 Å². The van der Waals surface area contributed by atoms with E-state index in [0.29, 0.717) is 24.7 Å². The monoisotopic (exact) mass is 406 g/mol. The molecule has 0 unspecified atom stereocenters. The summed E-state index contributed by atoms with van der Waals surface area (Å²) in [4.78, 5) is 27.2. The van der Waals surface area contributed by atoms with Crippen LogP contribution in [0.1, 0.15) is 36.6 Å². The first-order valence-corrected chi connectivity index (χ1v) is 10.1. The van der Waals surface area contributed by atoms with Gasteiger partial charge >= 0.3 is 0 Å². The van der Waals surface area contributed by atoms with Gasteiger partial charge in [-0.1, -0.05) is 48.9 Å². The summed E-state index contributed by atoms with van der Waals surface area (Å²) in [5.74, 6) is 0.948. The number of hydrogen-bond acceptors (Lipinski definition) is 5. The zero-order valence-electron chi connectivity index (χ0n) is 17.3. The summed E-state index contributed by atoms with van der Waals surface area (Å²) in [7, 11) is 0. The van der Waals surface area contributed by atoms with Crippen molar-refractivity contribution in [3.05, 3.63) is 75.7 Å². The lowest BCUT2D eigenvalue weighted by Gasteiger charge is -2.07. The smallest absolute Gasteiger partial charge is 0.273 e. The standard InChI is InChI=1S/C23H26N4O3/c1-3-12-30-19-9-5-8-18(14-19)22-25-23(29)20(26-27-22)10-11-21(28)24-15-17-7-4-6-16(2)13-17/h4-9,13-14H,3,10-12,15H2,1-2H3,(H,24,28)(H,25,27,29). The Bertz CT molecular complexity index is 1060. The minimum Gasteiger partial charge on any atom is -0.494 e. The molecule has 0 bridgehead atoms. The number of aromatic nitrogens is 3. The highest BCUT2D eigenvalue weighted by molar-refractivity contribution is 5.76. The molecule has 0 aliphatic heterocycles. The molecule has 0 aliphatic carbocycles. The second-order valence-corrected chi connectivity index (χ2v) is 7.09. The molecule has 156 valence electrons. The van der Waals surface area contributed by atoms with Gasteiger partial charge in [0.05, 0.1) is 6.61 Å². The highest BCUT2D eigenvalue weighted by atomic mass is 16.5. The topological polar surface area (TPSA) is 97.0 Å². The Morgan fingerprint density at radius 1 is 1.13 bits per heavy atom. The molecule has 0 spiro atoms. The number of carbonyl (C=O) groups excluding carboxylic acids is 1. The third kappa shape index (κ3) is 6.01. The van der Waals surface area contributed by atoms with Gasteiger partial charge in [0.15, 0.2) is 5.82 Å². The van der Waals surface area contributed by atoms with Gasteiger partial charge in [0.1, 0.15) is 11.4 Å². The van der Waals surface area contributed by atoms with Crippen molar-refractivity contribution in [2.45, 2.75) is 39.7 Å². The summed E-state index contributed by atoms with van der Waals surface area (Å²) in [5, 5.41) is 11.0. The third-order valence-corrected chi connectivity index (χ3v) is 4.51. The highest BCUT2D eigenvalue weighted by Gasteiger charge is 2.10. The third-order valence-electron chi connectivity index (χ3n) is 4.51. The number of ether oxygens (including phenoxy) is 1. The van der Waals surface area contributed by atoms with Crippen molar-refractivity contribution in [1.82, 2.24) is 20.5 Å². The molecular formula is C23H26N4O3. The first-order valence-electron chi connectivity index (χ1n) is 10.1. The molecule has 3 aromatic rings. The maximum atomic E-state index is 12.4. The average Bonchev–Trinajstić information content (AvgIpc) is 2.75. The SMILES string of the molecule is CCCOc1cccc(-c2nnc(CCC(=O)NCc3cccc(C)c3)c(=O)[nH]2)c1. The van der Waals surface area contributed by atoms with Gasteiger partial charge in [-0.15, -0.1) is 10.2 Å². The fourth-order valence-corrected chi connectivity index (χ4v) is 2.95. The lowest BCUT2D eigenvalue weighted by atomic mass is 10.1. The summed E-state index contributed by atoms with van der Waals surface area (Å²) in [6.07, 6.45) is 1.30. The lowest BCUT2D eigenvalue weighted by molar-refractivity contribution is -0.121. The molecule has 1 amide bonds. The quantitative estimate of drug-likeness (QED) is 0.569. The highest BCUT2D eigenvalue weighted by Crippen LogP contribution is 2.20. The minimum atomic E-state index is -0.341. The number of carbonyl (C=O) groups is 1. The van der Waals surface area contributed by atoms with Crippen LogP contribution in [0.4, 0.5) is 0 Å². The summed E-state index contributed by atoms with van der Waals surface area (Å²) < 4.78 is 5.61. The van der Waals surface area contributed by atoms with Crippen LogP contribution < -0.4 is 15.6 Å². The summed E-state index contributed by atoms with van der Waals surface area (Å²) in [6, 6.07) is 15.3. The van der Waals surface area contributed by atoms with E-state index in [1.165, 1.54) is 0 Å². The minimum absolute atomic E-state index is 0.137. The molecule has 1 heterocycles. The Morgan fingerprint density at radius 2 is 1.97 bits per heavy atom. The van der Waals surface area contributed by atoms with E-state index in [9.17, 15) is 9.59 Å². The van der Waals surface area contributed by atoms with Gasteiger partial charge in [-0.25, -0.2) is 0 Å². The molecule has 7 nitrogen and oxygen atoms in total. The molecule has 0 aliphatic rings. The van der Waals surface area contributed by atoms with E-state index in [1.54, 1.807) is 0 Å². The largest absolute Gasteiger partial charge is 0.494 e. The van der Waals surface area contributed by atoms with E-state index in [2.05, 4.69) is 20.5 Å². The normalized spacial score (nSPS) is 10.6. The zero-order chi connectivity index (χ0) is 21.3. The molecule has 3 rings (SSSR count). The Hall–Kier alpha value is -3.48. The fraction of sp³-hybridized carbons (Fsp3) is 0.304. The van der Waals surface area contributed by atoms with Crippen molar-refractivity contribution in [2.75, 3.05) is 6.61 Å². The van der Waals surface area contributed by atoms with Crippen molar-refractivity contribution in [3.8, 4) is 17.1 Å². The molecule has 0 radical (unpaired) electrons. The van der Waals surface area contributed by atoms with Crippen LogP contribution in [-0.2, 0) is 17.8 Å². The van der Waals surface area contributed by atoms with Crippen LogP contribution in [0.15, 0.2) is 53.3 Å². The first kappa shape index (κ1) is 21.2. The molecule has 1 aromatic heterocycles. The molecule has 30 heavy (non-hydrogen) atoms. The molecule has 0 atom stereocenters. The van der Waals surface area contributed by atoms with Gasteiger partial charge in [-0.2, -0.15) is 0 Å². The van der Waals surface area contributed by atoms with E-state index in [-0.39, 0.29) is 30.0 Å². The van der Waals surface area contributed by atoms with Gasteiger partial charge in [0.2, 0.25) is 5.91 Å². The number of aromatic amines is 1. The second kappa shape index (κ2) is 10.3. The van der Waals surface area contributed by atoms with E-state index in [0.717, 1.165) is 23.1 Å². The van der Waals surface area contributed by atoms with Crippen molar-refractivity contribution in [1.29, 1.82) is 0 Å². The van der Waals surface area contributed by atoms with Gasteiger partial charge < -0.3 is 15.0 Å². The summed E-state index contributed by atoms with van der Waals surface area (Å²) in [6.45, 7) is 5.12. The fourth-order valence-electron chi connectivity index (χ4n) is 2.95. The first-order chi connectivity index (χ1) is 14.5. The van der Waals surface area contributed by atoms with Gasteiger partial charge in [0.25, 0.3) is 5.56 Å². The maximum absolute atomic E-state index is 12.4. The zero-order valence-corrected chi connectivity index (χ0v) is 17.3. The molecule has 0 fully saturated rings. The Labute approximate surface area is 175 Å². The predicted octanol–water partition coefficient (Wildman–Crippen LogP) is 3.18. The van der Waals surface area contributed by atoms with Crippen LogP contribution in [0.5, 0.6) is 5.75 Å². The molecule has 0 saturated heterocycles. The van der Waals surface area contributed by atoms with Crippen LogP contribution in [0.3, 0.4) is 0 Å². The number of nitrogens with one attached hydrogen (secondary N) is 2. The van der Waals surface area contributed by atoms with Crippen molar-refractivity contribution in [2.24, 2.45) is 0 Å². The van der Waals surface area contributed by atoms with Crippen molar-refractivity contribution >= 4 is 5.91 Å². The van der Waals surface area contributed by atoms with E-state index < -0.39 is 0 Å². The molecule has 7 heteroatoms.